The van der Waals surface area contributed by atoms with Crippen molar-refractivity contribution in [3.63, 3.8) is 0 Å². The van der Waals surface area contributed by atoms with Crippen molar-refractivity contribution in [2.24, 2.45) is 5.92 Å². The van der Waals surface area contributed by atoms with Crippen molar-refractivity contribution in [2.75, 3.05) is 6.54 Å². The van der Waals surface area contributed by atoms with Gasteiger partial charge in [0.15, 0.2) is 11.5 Å². The summed E-state index contributed by atoms with van der Waals surface area (Å²) >= 11 is 0. The fourth-order valence-electron chi connectivity index (χ4n) is 1.22. The first kappa shape index (κ1) is 10.9. The molecular formula is C11H17NO2. The van der Waals surface area contributed by atoms with Crippen molar-refractivity contribution >= 4 is 0 Å². The summed E-state index contributed by atoms with van der Waals surface area (Å²) in [7, 11) is 0. The van der Waals surface area contributed by atoms with E-state index in [0.717, 1.165) is 12.1 Å². The third-order valence-corrected chi connectivity index (χ3v) is 1.97. The molecule has 3 nitrogen and oxygen atoms in total. The van der Waals surface area contributed by atoms with Crippen LogP contribution in [0.5, 0.6) is 11.5 Å². The Balaban J connectivity index is 2.54. The summed E-state index contributed by atoms with van der Waals surface area (Å²) in [4.78, 5) is 0. The van der Waals surface area contributed by atoms with Gasteiger partial charge >= 0.3 is 0 Å². The van der Waals surface area contributed by atoms with Gasteiger partial charge in [-0.25, -0.2) is 0 Å². The van der Waals surface area contributed by atoms with Gasteiger partial charge in [0, 0.05) is 12.1 Å². The Kier molecular flexibility index (Phi) is 3.77. The van der Waals surface area contributed by atoms with Gasteiger partial charge in [-0.1, -0.05) is 26.0 Å². The molecule has 0 aromatic heterocycles. The molecule has 0 amide bonds. The van der Waals surface area contributed by atoms with Crippen molar-refractivity contribution in [3.8, 4) is 11.5 Å². The first-order valence-corrected chi connectivity index (χ1v) is 4.81. The molecular weight excluding hydrogens is 178 g/mol. The van der Waals surface area contributed by atoms with Gasteiger partial charge in [0.05, 0.1) is 0 Å². The van der Waals surface area contributed by atoms with E-state index < -0.39 is 0 Å². The fourth-order valence-corrected chi connectivity index (χ4v) is 1.22. The molecule has 1 aromatic rings. The SMILES string of the molecule is CC(C)CNCc1cccc(O)c1O. The number of phenolic OH excluding ortho intramolecular Hbond substituents is 2. The van der Waals surface area contributed by atoms with E-state index in [1.807, 2.05) is 0 Å². The van der Waals surface area contributed by atoms with Gasteiger partial charge in [-0.15, -0.1) is 0 Å². The normalized spacial score (nSPS) is 10.8. The van der Waals surface area contributed by atoms with Crippen molar-refractivity contribution in [2.45, 2.75) is 20.4 Å². The van der Waals surface area contributed by atoms with Crippen molar-refractivity contribution < 1.29 is 10.2 Å². The highest BCUT2D eigenvalue weighted by atomic mass is 16.3. The second-order valence-electron chi connectivity index (χ2n) is 3.81. The van der Waals surface area contributed by atoms with E-state index in [-0.39, 0.29) is 11.5 Å². The van der Waals surface area contributed by atoms with E-state index in [4.69, 9.17) is 0 Å². The Morgan fingerprint density at radius 1 is 1.29 bits per heavy atom. The average Bonchev–Trinajstić information content (AvgIpc) is 2.12. The number of phenols is 2. The molecule has 0 aliphatic carbocycles. The minimum Gasteiger partial charge on any atom is -0.504 e. The molecule has 0 spiro atoms. The maximum Gasteiger partial charge on any atom is 0.161 e. The van der Waals surface area contributed by atoms with Crippen LogP contribution >= 0.6 is 0 Å². The standard InChI is InChI=1S/C11H17NO2/c1-8(2)6-12-7-9-4-3-5-10(13)11(9)14/h3-5,8,12-14H,6-7H2,1-2H3. The summed E-state index contributed by atoms with van der Waals surface area (Å²) in [5.74, 6) is 0.493. The topological polar surface area (TPSA) is 52.5 Å². The predicted octanol–water partition coefficient (Wildman–Crippen LogP) is 1.84. The van der Waals surface area contributed by atoms with Gasteiger partial charge in [0.1, 0.15) is 0 Å². The number of nitrogens with one attached hydrogen (secondary N) is 1. The van der Waals surface area contributed by atoms with E-state index >= 15 is 0 Å². The van der Waals surface area contributed by atoms with Crippen LogP contribution in [0, 0.1) is 5.92 Å². The highest BCUT2D eigenvalue weighted by molar-refractivity contribution is 5.44. The smallest absolute Gasteiger partial charge is 0.161 e. The van der Waals surface area contributed by atoms with E-state index in [0.29, 0.717) is 12.5 Å². The van der Waals surface area contributed by atoms with Gasteiger partial charge in [-0.2, -0.15) is 0 Å². The van der Waals surface area contributed by atoms with Gasteiger partial charge in [-0.3, -0.25) is 0 Å². The molecule has 3 N–H and O–H groups in total. The maximum absolute atomic E-state index is 9.47. The summed E-state index contributed by atoms with van der Waals surface area (Å²) in [5.41, 5.74) is 0.727. The zero-order chi connectivity index (χ0) is 10.6. The molecule has 0 aliphatic heterocycles. The largest absolute Gasteiger partial charge is 0.504 e. The minimum absolute atomic E-state index is 0.0243. The van der Waals surface area contributed by atoms with Crippen LogP contribution in [0.4, 0.5) is 0 Å². The van der Waals surface area contributed by atoms with Gasteiger partial charge < -0.3 is 15.5 Å². The van der Waals surface area contributed by atoms with E-state index in [1.54, 1.807) is 12.1 Å². The van der Waals surface area contributed by atoms with E-state index in [2.05, 4.69) is 19.2 Å². The molecule has 0 heterocycles. The molecule has 0 atom stereocenters. The predicted molar refractivity (Wildman–Crippen MR) is 56.3 cm³/mol. The number of rotatable bonds is 4. The molecule has 0 fully saturated rings. The molecule has 78 valence electrons. The van der Waals surface area contributed by atoms with Gasteiger partial charge in [-0.05, 0) is 18.5 Å². The van der Waals surface area contributed by atoms with E-state index in [9.17, 15) is 10.2 Å². The first-order chi connectivity index (χ1) is 6.61. The Morgan fingerprint density at radius 3 is 2.64 bits per heavy atom. The zero-order valence-corrected chi connectivity index (χ0v) is 8.62. The number of hydrogen-bond donors (Lipinski definition) is 3. The van der Waals surface area contributed by atoms with Crippen molar-refractivity contribution in [1.82, 2.24) is 5.32 Å². The number of aromatic hydroxyl groups is 2. The van der Waals surface area contributed by atoms with Crippen LogP contribution in [0.15, 0.2) is 18.2 Å². The molecule has 1 rings (SSSR count). The van der Waals surface area contributed by atoms with Crippen molar-refractivity contribution in [3.05, 3.63) is 23.8 Å². The van der Waals surface area contributed by atoms with Crippen LogP contribution in [0.1, 0.15) is 19.4 Å². The molecule has 0 radical (unpaired) electrons. The van der Waals surface area contributed by atoms with Crippen LogP contribution in [-0.4, -0.2) is 16.8 Å². The van der Waals surface area contributed by atoms with Crippen LogP contribution in [0.25, 0.3) is 0 Å². The third-order valence-electron chi connectivity index (χ3n) is 1.97. The highest BCUT2D eigenvalue weighted by Crippen LogP contribution is 2.27. The van der Waals surface area contributed by atoms with Crippen molar-refractivity contribution in [1.29, 1.82) is 0 Å². The second-order valence-corrected chi connectivity index (χ2v) is 3.81. The monoisotopic (exact) mass is 195 g/mol. The minimum atomic E-state index is -0.0613. The summed E-state index contributed by atoms with van der Waals surface area (Å²) in [6.07, 6.45) is 0. The van der Waals surface area contributed by atoms with Crippen LogP contribution < -0.4 is 5.32 Å². The summed E-state index contributed by atoms with van der Waals surface area (Å²) in [6, 6.07) is 4.99. The third kappa shape index (κ3) is 2.92. The summed E-state index contributed by atoms with van der Waals surface area (Å²) in [6.45, 7) is 5.72. The van der Waals surface area contributed by atoms with E-state index in [1.165, 1.54) is 6.07 Å². The molecule has 0 unspecified atom stereocenters. The van der Waals surface area contributed by atoms with Crippen LogP contribution in [0.2, 0.25) is 0 Å². The Morgan fingerprint density at radius 2 is 2.00 bits per heavy atom. The van der Waals surface area contributed by atoms with Crippen LogP contribution in [0.3, 0.4) is 0 Å². The molecule has 14 heavy (non-hydrogen) atoms. The maximum atomic E-state index is 9.47. The zero-order valence-electron chi connectivity index (χ0n) is 8.62. The lowest BCUT2D eigenvalue weighted by Crippen LogP contribution is -2.18. The Bertz CT molecular complexity index is 297. The Hall–Kier alpha value is -1.22. The lowest BCUT2D eigenvalue weighted by Gasteiger charge is -2.09. The average molecular weight is 195 g/mol. The second kappa shape index (κ2) is 4.86. The molecule has 0 saturated heterocycles. The van der Waals surface area contributed by atoms with Gasteiger partial charge in [0.2, 0.25) is 0 Å². The number of benzene rings is 1. The number of hydrogen-bond acceptors (Lipinski definition) is 3. The fraction of sp³-hybridized carbons (Fsp3) is 0.455. The van der Waals surface area contributed by atoms with Crippen LogP contribution in [-0.2, 0) is 6.54 Å². The summed E-state index contributed by atoms with van der Waals surface area (Å²) < 4.78 is 0. The summed E-state index contributed by atoms with van der Waals surface area (Å²) in [5, 5.41) is 21.9. The molecule has 3 heteroatoms. The molecule has 0 aliphatic rings. The Labute approximate surface area is 84.4 Å². The molecule has 0 saturated carbocycles. The lowest BCUT2D eigenvalue weighted by atomic mass is 10.1. The quantitative estimate of drug-likeness (QED) is 0.642. The number of para-hydroxylation sites is 1. The molecule has 1 aromatic carbocycles. The molecule has 0 bridgehead atoms. The highest BCUT2D eigenvalue weighted by Gasteiger charge is 2.04. The first-order valence-electron chi connectivity index (χ1n) is 4.81. The lowest BCUT2D eigenvalue weighted by molar-refractivity contribution is 0.397. The van der Waals surface area contributed by atoms with Gasteiger partial charge in [0.25, 0.3) is 0 Å².